The molecule has 6 nitrogen and oxygen atoms in total. The van der Waals surface area contributed by atoms with E-state index in [1.807, 2.05) is 6.07 Å². The molecule has 0 aliphatic rings. The Morgan fingerprint density at radius 1 is 1.50 bits per heavy atom. The van der Waals surface area contributed by atoms with Crippen LogP contribution in [-0.2, 0) is 10.0 Å². The van der Waals surface area contributed by atoms with Crippen LogP contribution in [0, 0.1) is 11.3 Å². The molecule has 0 amide bonds. The van der Waals surface area contributed by atoms with E-state index in [0.29, 0.717) is 30.1 Å². The highest BCUT2D eigenvalue weighted by Gasteiger charge is 2.11. The van der Waals surface area contributed by atoms with Crippen molar-refractivity contribution in [3.8, 4) is 6.07 Å². The Hall–Kier alpha value is -0.880. The number of halogens is 1. The van der Waals surface area contributed by atoms with Gasteiger partial charge >= 0.3 is 0 Å². The first kappa shape index (κ1) is 15.2. The third kappa shape index (κ3) is 4.42. The highest BCUT2D eigenvalue weighted by atomic mass is 35.5. The van der Waals surface area contributed by atoms with E-state index in [4.69, 9.17) is 16.9 Å². The fourth-order valence-corrected chi connectivity index (χ4v) is 2.73. The number of hydrogen-bond acceptors (Lipinski definition) is 6. The number of rotatable bonds is 7. The summed E-state index contributed by atoms with van der Waals surface area (Å²) in [6.45, 7) is 2.48. The number of nitriles is 1. The van der Waals surface area contributed by atoms with E-state index in [-0.39, 0.29) is 10.9 Å². The van der Waals surface area contributed by atoms with Crippen molar-refractivity contribution in [2.75, 3.05) is 24.2 Å². The predicted molar refractivity (Wildman–Crippen MR) is 72.4 cm³/mol. The van der Waals surface area contributed by atoms with Gasteiger partial charge in [-0.05, 0) is 24.9 Å². The molecule has 0 saturated carbocycles. The molecule has 2 N–H and O–H groups in total. The summed E-state index contributed by atoms with van der Waals surface area (Å²) in [6, 6.07) is 1.96. The molecular formula is C9H13ClN4O2S2. The lowest BCUT2D eigenvalue weighted by atomic mass is 10.3. The summed E-state index contributed by atoms with van der Waals surface area (Å²) in [5, 5.41) is 12.6. The van der Waals surface area contributed by atoms with Crippen LogP contribution >= 0.6 is 23.1 Å². The highest BCUT2D eigenvalue weighted by Crippen LogP contribution is 2.27. The maximum atomic E-state index is 11.1. The summed E-state index contributed by atoms with van der Waals surface area (Å²) >= 11 is 6.82. The fraction of sp³-hybridized carbons (Fsp3) is 0.556. The van der Waals surface area contributed by atoms with E-state index < -0.39 is 10.0 Å². The van der Waals surface area contributed by atoms with E-state index in [0.717, 1.165) is 11.5 Å². The molecular weight excluding hydrogens is 296 g/mol. The highest BCUT2D eigenvalue weighted by molar-refractivity contribution is 7.89. The Bertz CT molecular complexity index is 535. The zero-order valence-electron chi connectivity index (χ0n) is 9.73. The number of hydrogen-bond donors (Lipinski definition) is 2. The van der Waals surface area contributed by atoms with Crippen LogP contribution in [0.2, 0.25) is 5.15 Å². The maximum absolute atomic E-state index is 11.1. The van der Waals surface area contributed by atoms with Crippen LogP contribution in [0.3, 0.4) is 0 Å². The van der Waals surface area contributed by atoms with Crippen molar-refractivity contribution in [1.82, 2.24) is 9.10 Å². The molecule has 0 aliphatic heterocycles. The van der Waals surface area contributed by atoms with Gasteiger partial charge in [-0.2, -0.15) is 9.64 Å². The molecule has 0 spiro atoms. The van der Waals surface area contributed by atoms with Gasteiger partial charge in [-0.3, -0.25) is 0 Å². The Labute approximate surface area is 115 Å². The first-order chi connectivity index (χ1) is 8.50. The maximum Gasteiger partial charge on any atom is 0.211 e. The van der Waals surface area contributed by atoms with Crippen molar-refractivity contribution >= 4 is 38.2 Å². The molecule has 1 heterocycles. The van der Waals surface area contributed by atoms with Crippen molar-refractivity contribution in [2.45, 2.75) is 13.3 Å². The molecule has 0 atom stereocenters. The quantitative estimate of drug-likeness (QED) is 0.743. The van der Waals surface area contributed by atoms with Gasteiger partial charge in [0.1, 0.15) is 16.6 Å². The third-order valence-corrected chi connectivity index (χ3v) is 4.69. The van der Waals surface area contributed by atoms with E-state index >= 15 is 0 Å². The molecule has 18 heavy (non-hydrogen) atoms. The van der Waals surface area contributed by atoms with Crippen LogP contribution in [0.25, 0.3) is 0 Å². The molecule has 100 valence electrons. The first-order valence-corrected chi connectivity index (χ1v) is 8.07. The van der Waals surface area contributed by atoms with Crippen molar-refractivity contribution in [1.29, 1.82) is 5.26 Å². The Morgan fingerprint density at radius 2 is 2.22 bits per heavy atom. The lowest BCUT2D eigenvalue weighted by molar-refractivity contribution is 0.581. The standard InChI is InChI=1S/C9H13ClN4O2S2/c1-2-18(15,16)13-5-3-4-12-9-7(6-11)8(10)14-17-9/h12-13H,2-5H2,1H3. The lowest BCUT2D eigenvalue weighted by Crippen LogP contribution is -2.27. The third-order valence-electron chi connectivity index (χ3n) is 2.10. The van der Waals surface area contributed by atoms with Crippen molar-refractivity contribution in [2.24, 2.45) is 0 Å². The van der Waals surface area contributed by atoms with E-state index in [1.165, 1.54) is 0 Å². The number of sulfonamides is 1. The van der Waals surface area contributed by atoms with Gasteiger partial charge < -0.3 is 5.32 Å². The minimum Gasteiger partial charge on any atom is -0.374 e. The van der Waals surface area contributed by atoms with Crippen LogP contribution in [-0.4, -0.2) is 31.6 Å². The van der Waals surface area contributed by atoms with Crippen molar-refractivity contribution in [3.63, 3.8) is 0 Å². The smallest absolute Gasteiger partial charge is 0.211 e. The zero-order chi connectivity index (χ0) is 13.6. The molecule has 0 aliphatic carbocycles. The van der Waals surface area contributed by atoms with E-state index in [2.05, 4.69) is 14.4 Å². The molecule has 0 bridgehead atoms. The van der Waals surface area contributed by atoms with Crippen LogP contribution in [0.5, 0.6) is 0 Å². The van der Waals surface area contributed by atoms with Gasteiger partial charge in [-0.15, -0.1) is 0 Å². The van der Waals surface area contributed by atoms with Crippen molar-refractivity contribution in [3.05, 3.63) is 10.7 Å². The number of aromatic nitrogens is 1. The molecule has 9 heteroatoms. The lowest BCUT2D eigenvalue weighted by Gasteiger charge is -2.05. The molecule has 0 unspecified atom stereocenters. The number of nitrogens with zero attached hydrogens (tertiary/aromatic N) is 2. The summed E-state index contributed by atoms with van der Waals surface area (Å²) in [5.41, 5.74) is 0.329. The Kier molecular flexibility index (Phi) is 5.81. The molecule has 0 saturated heterocycles. The Balaban J connectivity index is 2.33. The zero-order valence-corrected chi connectivity index (χ0v) is 12.1. The summed E-state index contributed by atoms with van der Waals surface area (Å²) in [4.78, 5) is 0. The molecule has 1 aromatic rings. The molecule has 1 rings (SSSR count). The summed E-state index contributed by atoms with van der Waals surface area (Å²) < 4.78 is 28.6. The van der Waals surface area contributed by atoms with Crippen LogP contribution in [0.1, 0.15) is 18.9 Å². The normalized spacial score (nSPS) is 11.2. The minimum atomic E-state index is -3.13. The van der Waals surface area contributed by atoms with E-state index in [1.54, 1.807) is 6.92 Å². The summed E-state index contributed by atoms with van der Waals surface area (Å²) in [7, 11) is -3.13. The SMILES string of the molecule is CCS(=O)(=O)NCCCNc1snc(Cl)c1C#N. The van der Waals surface area contributed by atoms with E-state index in [9.17, 15) is 8.42 Å². The van der Waals surface area contributed by atoms with Crippen LogP contribution in [0.4, 0.5) is 5.00 Å². The second kappa shape index (κ2) is 6.89. The van der Waals surface area contributed by atoms with Gasteiger partial charge in [0.15, 0.2) is 5.15 Å². The van der Waals surface area contributed by atoms with Crippen molar-refractivity contribution < 1.29 is 8.42 Å². The van der Waals surface area contributed by atoms with Gasteiger partial charge in [0.25, 0.3) is 0 Å². The largest absolute Gasteiger partial charge is 0.374 e. The molecule has 1 aromatic heterocycles. The minimum absolute atomic E-state index is 0.0729. The average Bonchev–Trinajstić information content (AvgIpc) is 2.69. The fourth-order valence-electron chi connectivity index (χ4n) is 1.11. The van der Waals surface area contributed by atoms with Gasteiger partial charge in [0.2, 0.25) is 10.0 Å². The number of anilines is 1. The van der Waals surface area contributed by atoms with Gasteiger partial charge in [-0.1, -0.05) is 11.6 Å². The Morgan fingerprint density at radius 3 is 2.83 bits per heavy atom. The van der Waals surface area contributed by atoms with Gasteiger partial charge in [-0.25, -0.2) is 13.1 Å². The van der Waals surface area contributed by atoms with Gasteiger partial charge in [0, 0.05) is 13.1 Å². The predicted octanol–water partition coefficient (Wildman–Crippen LogP) is 1.41. The average molecular weight is 309 g/mol. The van der Waals surface area contributed by atoms with Crippen LogP contribution in [0.15, 0.2) is 0 Å². The summed E-state index contributed by atoms with van der Waals surface area (Å²) in [6.07, 6.45) is 0.611. The second-order valence-electron chi connectivity index (χ2n) is 3.37. The topological polar surface area (TPSA) is 94.9 Å². The molecule has 0 fully saturated rings. The number of nitrogens with one attached hydrogen (secondary N) is 2. The molecule has 0 radical (unpaired) electrons. The molecule has 0 aromatic carbocycles. The van der Waals surface area contributed by atoms with Crippen LogP contribution < -0.4 is 10.0 Å². The first-order valence-electron chi connectivity index (χ1n) is 5.26. The monoisotopic (exact) mass is 308 g/mol. The second-order valence-corrected chi connectivity index (χ2v) is 6.59. The summed E-state index contributed by atoms with van der Waals surface area (Å²) in [5.74, 6) is 0.0729. The van der Waals surface area contributed by atoms with Gasteiger partial charge in [0.05, 0.1) is 5.75 Å².